The third-order valence-electron chi connectivity index (χ3n) is 3.44. The van der Waals surface area contributed by atoms with E-state index in [4.69, 9.17) is 20.3 Å². The van der Waals surface area contributed by atoms with Gasteiger partial charge in [0.15, 0.2) is 5.65 Å². The van der Waals surface area contributed by atoms with E-state index in [2.05, 4.69) is 9.97 Å². The fraction of sp³-hybridized carbons (Fsp3) is 0.500. The Kier molecular flexibility index (Phi) is 3.20. The molecule has 3 atom stereocenters. The number of anilines is 1. The van der Waals surface area contributed by atoms with Gasteiger partial charge in [0.25, 0.3) is 0 Å². The molecule has 1 aliphatic rings. The molecule has 0 radical (unpaired) electrons. The first kappa shape index (κ1) is 13.1. The number of nitrogen functional groups attached to an aromatic ring is 1. The Labute approximate surface area is 114 Å². The fourth-order valence-electron chi connectivity index (χ4n) is 2.46. The predicted molar refractivity (Wildman–Crippen MR) is 70.1 cm³/mol. The van der Waals surface area contributed by atoms with Gasteiger partial charge in [0, 0.05) is 12.6 Å². The molecule has 3 heterocycles. The van der Waals surface area contributed by atoms with Gasteiger partial charge >= 0.3 is 0 Å². The Hall–Kier alpha value is -1.90. The molecule has 0 spiro atoms. The van der Waals surface area contributed by atoms with E-state index in [0.29, 0.717) is 23.3 Å². The molecule has 1 fully saturated rings. The van der Waals surface area contributed by atoms with Crippen LogP contribution in [0.15, 0.2) is 12.3 Å². The Morgan fingerprint density at radius 2 is 2.35 bits per heavy atom. The zero-order valence-electron chi connectivity index (χ0n) is 10.9. The Balaban J connectivity index is 2.03. The van der Waals surface area contributed by atoms with Gasteiger partial charge in [-0.1, -0.05) is 0 Å². The maximum Gasteiger partial charge on any atom is 0.227 e. The highest BCUT2D eigenvalue weighted by molar-refractivity contribution is 5.82. The van der Waals surface area contributed by atoms with Crippen molar-refractivity contribution >= 4 is 17.0 Å². The van der Waals surface area contributed by atoms with Crippen molar-refractivity contribution in [3.8, 4) is 5.88 Å². The first-order chi connectivity index (χ1) is 9.63. The minimum atomic E-state index is -0.705. The number of methoxy groups -OCH3 is 1. The van der Waals surface area contributed by atoms with E-state index in [1.165, 1.54) is 7.11 Å². The summed E-state index contributed by atoms with van der Waals surface area (Å²) in [7, 11) is 1.51. The first-order valence-electron chi connectivity index (χ1n) is 6.26. The second-order valence-electron chi connectivity index (χ2n) is 4.67. The van der Waals surface area contributed by atoms with Crippen LogP contribution in [0, 0.1) is 0 Å². The van der Waals surface area contributed by atoms with Crippen molar-refractivity contribution in [2.45, 2.75) is 24.9 Å². The van der Waals surface area contributed by atoms with Crippen LogP contribution >= 0.6 is 0 Å². The minimum Gasteiger partial charge on any atom is -0.480 e. The molecular weight excluding hydrogens is 264 g/mol. The lowest BCUT2D eigenvalue weighted by Crippen LogP contribution is -2.24. The lowest BCUT2D eigenvalue weighted by molar-refractivity contribution is -0.0430. The smallest absolute Gasteiger partial charge is 0.227 e. The average molecular weight is 280 g/mol. The minimum absolute atomic E-state index is 0.103. The van der Waals surface area contributed by atoms with Crippen LogP contribution in [0.3, 0.4) is 0 Å². The van der Waals surface area contributed by atoms with Crippen molar-refractivity contribution in [1.29, 1.82) is 0 Å². The summed E-state index contributed by atoms with van der Waals surface area (Å²) in [5.74, 6) is 0.495. The summed E-state index contributed by atoms with van der Waals surface area (Å²) in [5, 5.41) is 19.7. The van der Waals surface area contributed by atoms with Crippen molar-refractivity contribution < 1.29 is 19.7 Å². The highest BCUT2D eigenvalue weighted by atomic mass is 16.5. The molecule has 108 valence electrons. The zero-order chi connectivity index (χ0) is 14.3. The summed E-state index contributed by atoms with van der Waals surface area (Å²) in [5.41, 5.74) is 6.24. The second-order valence-corrected chi connectivity index (χ2v) is 4.67. The molecular formula is C12H16N4O4. The number of nitrogens with zero attached hydrogens (tertiary/aromatic N) is 3. The number of aliphatic hydroxyl groups is 2. The van der Waals surface area contributed by atoms with Gasteiger partial charge in [-0.25, -0.2) is 0 Å². The highest BCUT2D eigenvalue weighted by Crippen LogP contribution is 2.33. The zero-order valence-corrected chi connectivity index (χ0v) is 10.9. The summed E-state index contributed by atoms with van der Waals surface area (Å²) < 4.78 is 12.5. The highest BCUT2D eigenvalue weighted by Gasteiger charge is 2.35. The Morgan fingerprint density at radius 3 is 3.00 bits per heavy atom. The molecule has 8 nitrogen and oxygen atoms in total. The molecule has 0 aliphatic carbocycles. The number of fused-ring (bicyclic) bond motifs is 1. The maximum atomic E-state index is 9.81. The van der Waals surface area contributed by atoms with E-state index >= 15 is 0 Å². The Morgan fingerprint density at radius 1 is 1.55 bits per heavy atom. The molecule has 8 heteroatoms. The molecule has 0 saturated carbocycles. The van der Waals surface area contributed by atoms with Crippen LogP contribution in [0.2, 0.25) is 0 Å². The van der Waals surface area contributed by atoms with Gasteiger partial charge in [-0.15, -0.1) is 0 Å². The normalized spacial score (nSPS) is 26.2. The molecule has 4 N–H and O–H groups in total. The number of ether oxygens (including phenoxy) is 2. The van der Waals surface area contributed by atoms with E-state index in [1.807, 2.05) is 0 Å². The number of hydrogen-bond acceptors (Lipinski definition) is 7. The van der Waals surface area contributed by atoms with Gasteiger partial charge in [0.05, 0.1) is 25.2 Å². The quantitative estimate of drug-likeness (QED) is 0.704. The van der Waals surface area contributed by atoms with Crippen LogP contribution in [0.5, 0.6) is 5.88 Å². The molecule has 20 heavy (non-hydrogen) atoms. The Bertz CT molecular complexity index is 629. The van der Waals surface area contributed by atoms with Crippen molar-refractivity contribution in [3.05, 3.63) is 12.3 Å². The molecule has 2 aromatic rings. The summed E-state index contributed by atoms with van der Waals surface area (Å²) in [4.78, 5) is 8.20. The summed E-state index contributed by atoms with van der Waals surface area (Å²) in [6.07, 6.45) is 0.459. The second kappa shape index (κ2) is 4.89. The first-order valence-corrected chi connectivity index (χ1v) is 6.26. The lowest BCUT2D eigenvalue weighted by Gasteiger charge is -2.14. The molecule has 1 unspecified atom stereocenters. The van der Waals surface area contributed by atoms with Crippen LogP contribution in [0.25, 0.3) is 11.0 Å². The summed E-state index contributed by atoms with van der Waals surface area (Å²) >= 11 is 0. The summed E-state index contributed by atoms with van der Waals surface area (Å²) in [6, 6.07) is 1.80. The number of aromatic nitrogens is 3. The van der Waals surface area contributed by atoms with Gasteiger partial charge in [0.1, 0.15) is 12.3 Å². The number of aliphatic hydroxyl groups excluding tert-OH is 2. The van der Waals surface area contributed by atoms with Gasteiger partial charge in [-0.2, -0.15) is 9.97 Å². The topological polar surface area (TPSA) is 116 Å². The van der Waals surface area contributed by atoms with Gasteiger partial charge < -0.3 is 30.0 Å². The molecule has 1 aliphatic heterocycles. The standard InChI is InChI=1S/C12H16N4O4/c1-19-11-6-2-3-16(10(6)14-12(13)15-11)9-4-7(18)8(5-17)20-9/h2-3,7-9,17-18H,4-5H2,1H3,(H2,13,14,15)/t7?,8-,9-/m1/s1. The number of nitrogens with two attached hydrogens (primary N) is 1. The maximum absolute atomic E-state index is 9.81. The van der Waals surface area contributed by atoms with Crippen molar-refractivity contribution in [3.63, 3.8) is 0 Å². The largest absolute Gasteiger partial charge is 0.480 e. The monoisotopic (exact) mass is 280 g/mol. The van der Waals surface area contributed by atoms with Gasteiger partial charge in [-0.3, -0.25) is 0 Å². The number of hydrogen-bond donors (Lipinski definition) is 3. The van der Waals surface area contributed by atoms with Crippen molar-refractivity contribution in [1.82, 2.24) is 14.5 Å². The van der Waals surface area contributed by atoms with Crippen molar-refractivity contribution in [2.75, 3.05) is 19.5 Å². The van der Waals surface area contributed by atoms with E-state index in [0.717, 1.165) is 0 Å². The molecule has 3 rings (SSSR count). The average Bonchev–Trinajstić information content (AvgIpc) is 3.00. The van der Waals surface area contributed by atoms with Crippen molar-refractivity contribution in [2.24, 2.45) is 0 Å². The van der Waals surface area contributed by atoms with Gasteiger partial charge in [0.2, 0.25) is 11.8 Å². The van der Waals surface area contributed by atoms with E-state index in [-0.39, 0.29) is 12.6 Å². The lowest BCUT2D eigenvalue weighted by atomic mass is 10.2. The fourth-order valence-corrected chi connectivity index (χ4v) is 2.46. The van der Waals surface area contributed by atoms with Crippen LogP contribution < -0.4 is 10.5 Å². The van der Waals surface area contributed by atoms with E-state index in [1.54, 1.807) is 16.8 Å². The molecule has 1 saturated heterocycles. The SMILES string of the molecule is COc1nc(N)nc2c1ccn2[C@H]1CC(O)[C@@H](CO)O1. The van der Waals surface area contributed by atoms with Crippen LogP contribution in [-0.4, -0.2) is 50.7 Å². The third kappa shape index (κ3) is 1.98. The predicted octanol–water partition coefficient (Wildman–Crippen LogP) is -0.337. The third-order valence-corrected chi connectivity index (χ3v) is 3.44. The van der Waals surface area contributed by atoms with Crippen LogP contribution in [-0.2, 0) is 4.74 Å². The molecule has 0 amide bonds. The summed E-state index contributed by atoms with van der Waals surface area (Å²) in [6.45, 7) is -0.225. The van der Waals surface area contributed by atoms with Gasteiger partial charge in [-0.05, 0) is 6.07 Å². The molecule has 2 aromatic heterocycles. The van der Waals surface area contributed by atoms with E-state index in [9.17, 15) is 5.11 Å². The number of rotatable bonds is 3. The molecule has 0 aromatic carbocycles. The molecule has 0 bridgehead atoms. The van der Waals surface area contributed by atoms with E-state index < -0.39 is 18.4 Å². The van der Waals surface area contributed by atoms with Crippen LogP contribution in [0.1, 0.15) is 12.6 Å². The van der Waals surface area contributed by atoms with Crippen LogP contribution in [0.4, 0.5) is 5.95 Å².